The number of rotatable bonds is 5. The molecule has 0 fully saturated rings. The van der Waals surface area contributed by atoms with Crippen LogP contribution < -0.4 is 11.1 Å². The molecule has 11 heteroatoms. The molecule has 3 aromatic rings. The molecule has 1 aliphatic heterocycles. The Morgan fingerprint density at radius 3 is 2.52 bits per heavy atom. The zero-order valence-corrected chi connectivity index (χ0v) is 18.3. The van der Waals surface area contributed by atoms with Crippen LogP contribution in [0.5, 0.6) is 0 Å². The number of nitrogens with one attached hydrogen (secondary N) is 1. The third kappa shape index (κ3) is 4.68. The van der Waals surface area contributed by atoms with Crippen LogP contribution in [-0.4, -0.2) is 38.6 Å². The van der Waals surface area contributed by atoms with Gasteiger partial charge in [-0.1, -0.05) is 23.7 Å². The molecule has 0 aliphatic carbocycles. The Balaban J connectivity index is 1.57. The average molecular weight is 480 g/mol. The molecular weight excluding hydrogens is 459 g/mol. The molecule has 0 spiro atoms. The molecule has 1 aromatic heterocycles. The van der Waals surface area contributed by atoms with Gasteiger partial charge >= 0.3 is 6.18 Å². The molecule has 2 heterocycles. The largest absolute Gasteiger partial charge is 0.416 e. The fraction of sp³-hybridized carbons (Fsp3) is 0.273. The number of aliphatic hydroxyl groups excluding tert-OH is 1. The maximum atomic E-state index is 12.8. The van der Waals surface area contributed by atoms with Crippen LogP contribution in [0.3, 0.4) is 0 Å². The summed E-state index contributed by atoms with van der Waals surface area (Å²) in [5.74, 6) is -0.657. The quantitative estimate of drug-likeness (QED) is 0.483. The Hall–Kier alpha value is -3.08. The first-order valence-electron chi connectivity index (χ1n) is 10.1. The molecule has 0 saturated heterocycles. The minimum Gasteiger partial charge on any atom is -0.365 e. The predicted molar refractivity (Wildman–Crippen MR) is 117 cm³/mol. The lowest BCUT2D eigenvalue weighted by molar-refractivity contribution is -0.137. The van der Waals surface area contributed by atoms with E-state index >= 15 is 0 Å². The second-order valence-electron chi connectivity index (χ2n) is 7.79. The van der Waals surface area contributed by atoms with Gasteiger partial charge in [0.15, 0.2) is 6.35 Å². The third-order valence-corrected chi connectivity index (χ3v) is 5.96. The van der Waals surface area contributed by atoms with Crippen molar-refractivity contribution in [3.8, 4) is 11.3 Å². The highest BCUT2D eigenvalue weighted by Gasteiger charge is 2.31. The molecule has 1 unspecified atom stereocenters. The van der Waals surface area contributed by atoms with Crippen LogP contribution in [-0.2, 0) is 19.3 Å². The van der Waals surface area contributed by atoms with Gasteiger partial charge in [-0.3, -0.25) is 14.4 Å². The van der Waals surface area contributed by atoms with Gasteiger partial charge in [0.1, 0.15) is 5.69 Å². The van der Waals surface area contributed by atoms with E-state index in [1.165, 1.54) is 12.1 Å². The molecule has 174 valence electrons. The van der Waals surface area contributed by atoms with Gasteiger partial charge in [0.25, 0.3) is 5.91 Å². The number of carbonyl (C=O) groups excluding carboxylic acids is 1. The summed E-state index contributed by atoms with van der Waals surface area (Å²) in [6.07, 6.45) is -5.64. The van der Waals surface area contributed by atoms with Gasteiger partial charge in [-0.05, 0) is 42.8 Å². The van der Waals surface area contributed by atoms with E-state index in [0.717, 1.165) is 17.7 Å². The molecule has 4 rings (SSSR count). The number of hydrogen-bond donors (Lipinski definition) is 3. The fourth-order valence-electron chi connectivity index (χ4n) is 3.74. The van der Waals surface area contributed by atoms with E-state index in [-0.39, 0.29) is 12.1 Å². The van der Waals surface area contributed by atoms with Crippen molar-refractivity contribution in [3.05, 3.63) is 69.9 Å². The van der Waals surface area contributed by atoms with Crippen molar-refractivity contribution in [3.63, 3.8) is 0 Å². The molecule has 2 aromatic carbocycles. The molecule has 33 heavy (non-hydrogen) atoms. The number of fused-ring (bicyclic) bond motifs is 1. The summed E-state index contributed by atoms with van der Waals surface area (Å²) in [5.41, 5.74) is 7.92. The van der Waals surface area contributed by atoms with Crippen LogP contribution in [0.1, 0.15) is 27.2 Å². The van der Waals surface area contributed by atoms with E-state index in [9.17, 15) is 23.1 Å². The molecule has 0 radical (unpaired) electrons. The number of aromatic nitrogens is 2. The van der Waals surface area contributed by atoms with Crippen molar-refractivity contribution in [1.29, 1.82) is 0 Å². The van der Waals surface area contributed by atoms with Gasteiger partial charge in [-0.15, -0.1) is 0 Å². The summed E-state index contributed by atoms with van der Waals surface area (Å²) in [6, 6.07) is 9.71. The summed E-state index contributed by atoms with van der Waals surface area (Å²) < 4.78 is 39.9. The summed E-state index contributed by atoms with van der Waals surface area (Å²) in [5, 5.41) is 18.5. The van der Waals surface area contributed by atoms with Gasteiger partial charge in [-0.2, -0.15) is 18.3 Å². The van der Waals surface area contributed by atoms with Crippen LogP contribution in [0.15, 0.2) is 42.5 Å². The van der Waals surface area contributed by atoms with Gasteiger partial charge in [0, 0.05) is 29.4 Å². The zero-order chi connectivity index (χ0) is 23.9. The lowest BCUT2D eigenvalue weighted by atomic mass is 10.0. The lowest BCUT2D eigenvalue weighted by Crippen LogP contribution is -2.45. The second-order valence-corrected chi connectivity index (χ2v) is 8.19. The van der Waals surface area contributed by atoms with Crippen LogP contribution in [0.4, 0.5) is 18.9 Å². The van der Waals surface area contributed by atoms with E-state index in [1.54, 1.807) is 21.7 Å². The Bertz CT molecular complexity index is 1190. The van der Waals surface area contributed by atoms with Gasteiger partial charge in [0.2, 0.25) is 0 Å². The molecule has 1 atom stereocenters. The molecule has 1 amide bonds. The number of halogens is 4. The minimum atomic E-state index is -4.44. The standard InChI is InChI=1S/C22H21ClF3N5O2/c1-12-2-3-13(10-16(12)23)19-18(20(27)32)17-11-30(8-9-31(17)29-19)21(33)28-15-6-4-14(5-7-15)22(24,25)26/h2-7,10,21,28,33H,8-9,11H2,1H3,(H2,27,32). The number of nitrogens with zero attached hydrogens (tertiary/aromatic N) is 3. The number of benzene rings is 2. The predicted octanol–water partition coefficient (Wildman–Crippen LogP) is 3.83. The summed E-state index contributed by atoms with van der Waals surface area (Å²) in [6.45, 7) is 2.78. The summed E-state index contributed by atoms with van der Waals surface area (Å²) >= 11 is 6.24. The van der Waals surface area contributed by atoms with Crippen molar-refractivity contribution in [2.45, 2.75) is 32.5 Å². The van der Waals surface area contributed by atoms with Gasteiger partial charge < -0.3 is 16.2 Å². The Kier molecular flexibility index (Phi) is 6.08. The first-order chi connectivity index (χ1) is 15.5. The van der Waals surface area contributed by atoms with E-state index in [1.807, 2.05) is 13.0 Å². The van der Waals surface area contributed by atoms with Crippen LogP contribution >= 0.6 is 11.6 Å². The van der Waals surface area contributed by atoms with Gasteiger partial charge in [0.05, 0.1) is 23.4 Å². The molecule has 0 saturated carbocycles. The molecule has 7 nitrogen and oxygen atoms in total. The third-order valence-electron chi connectivity index (χ3n) is 5.56. The highest BCUT2D eigenvalue weighted by Crippen LogP contribution is 2.32. The Morgan fingerprint density at radius 2 is 1.91 bits per heavy atom. The SMILES string of the molecule is Cc1ccc(-c2nn3c(c2C(N)=O)CN(C(O)Nc2ccc(C(F)(F)F)cc2)CC3)cc1Cl. The normalized spacial score (nSPS) is 15.2. The van der Waals surface area contributed by atoms with Crippen molar-refractivity contribution < 1.29 is 23.1 Å². The van der Waals surface area contributed by atoms with Crippen LogP contribution in [0.25, 0.3) is 11.3 Å². The van der Waals surface area contributed by atoms with Crippen LogP contribution in [0.2, 0.25) is 5.02 Å². The average Bonchev–Trinajstić information content (AvgIpc) is 3.14. The summed E-state index contributed by atoms with van der Waals surface area (Å²) in [4.78, 5) is 13.9. The number of nitrogens with two attached hydrogens (primary N) is 1. The number of aryl methyl sites for hydroxylation is 1. The van der Waals surface area contributed by atoms with Crippen molar-refractivity contribution in [2.75, 3.05) is 11.9 Å². The Morgan fingerprint density at radius 1 is 1.21 bits per heavy atom. The monoisotopic (exact) mass is 479 g/mol. The van der Waals surface area contributed by atoms with E-state index in [2.05, 4.69) is 10.4 Å². The maximum absolute atomic E-state index is 12.8. The van der Waals surface area contributed by atoms with E-state index in [4.69, 9.17) is 17.3 Å². The van der Waals surface area contributed by atoms with E-state index < -0.39 is 24.0 Å². The second kappa shape index (κ2) is 8.69. The first kappa shape index (κ1) is 23.1. The van der Waals surface area contributed by atoms with Crippen molar-refractivity contribution in [1.82, 2.24) is 14.7 Å². The van der Waals surface area contributed by atoms with Gasteiger partial charge in [-0.25, -0.2) is 0 Å². The number of aliphatic hydroxyl groups is 1. The number of carbonyl (C=O) groups is 1. The number of amides is 1. The van der Waals surface area contributed by atoms with Crippen molar-refractivity contribution >= 4 is 23.2 Å². The highest BCUT2D eigenvalue weighted by atomic mass is 35.5. The summed E-state index contributed by atoms with van der Waals surface area (Å²) in [7, 11) is 0. The number of anilines is 1. The molecular formula is C22H21ClF3N5O2. The maximum Gasteiger partial charge on any atom is 0.416 e. The fourth-order valence-corrected chi connectivity index (χ4v) is 3.92. The zero-order valence-electron chi connectivity index (χ0n) is 17.5. The molecule has 1 aliphatic rings. The lowest BCUT2D eigenvalue weighted by Gasteiger charge is -2.32. The topological polar surface area (TPSA) is 96.4 Å². The smallest absolute Gasteiger partial charge is 0.365 e. The van der Waals surface area contributed by atoms with Crippen molar-refractivity contribution in [2.24, 2.45) is 5.73 Å². The molecule has 4 N–H and O–H groups in total. The number of alkyl halides is 3. The first-order valence-corrected chi connectivity index (χ1v) is 10.4. The Labute approximate surface area is 192 Å². The number of primary amides is 1. The van der Waals surface area contributed by atoms with E-state index in [0.29, 0.717) is 40.8 Å². The number of hydrogen-bond acceptors (Lipinski definition) is 5. The van der Waals surface area contributed by atoms with Crippen LogP contribution in [0, 0.1) is 6.92 Å². The highest BCUT2D eigenvalue weighted by molar-refractivity contribution is 6.31. The minimum absolute atomic E-state index is 0.152. The molecule has 0 bridgehead atoms.